The molecule has 0 radical (unpaired) electrons. The van der Waals surface area contributed by atoms with E-state index in [1.807, 2.05) is 13.8 Å². The molecule has 2 aromatic heterocycles. The molecule has 0 saturated heterocycles. The number of hydrogen-bond acceptors (Lipinski definition) is 3. The topological polar surface area (TPSA) is 79.3 Å². The van der Waals surface area contributed by atoms with E-state index in [-0.39, 0.29) is 17.5 Å². The van der Waals surface area contributed by atoms with E-state index in [0.29, 0.717) is 28.9 Å². The number of aromatic nitrogens is 3. The van der Waals surface area contributed by atoms with Crippen LogP contribution in [0.1, 0.15) is 79.9 Å². The van der Waals surface area contributed by atoms with Crippen molar-refractivity contribution in [3.05, 3.63) is 33.4 Å². The number of nitrogens with zero attached hydrogens (tertiary/aromatic N) is 2. The van der Waals surface area contributed by atoms with Gasteiger partial charge in [0.2, 0.25) is 0 Å². The average Bonchev–Trinajstić information content (AvgIpc) is 2.97. The van der Waals surface area contributed by atoms with Crippen LogP contribution >= 0.6 is 0 Å². The van der Waals surface area contributed by atoms with Crippen molar-refractivity contribution in [3.63, 3.8) is 0 Å². The monoisotopic (exact) mass is 344 g/mol. The van der Waals surface area contributed by atoms with Crippen molar-refractivity contribution in [2.75, 3.05) is 0 Å². The van der Waals surface area contributed by atoms with Crippen molar-refractivity contribution >= 4 is 11.6 Å². The molecule has 1 amide bonds. The molecule has 6 heteroatoms. The Morgan fingerprint density at radius 2 is 1.96 bits per heavy atom. The van der Waals surface area contributed by atoms with Crippen LogP contribution in [-0.2, 0) is 6.42 Å². The second-order valence-electron chi connectivity index (χ2n) is 7.09. The maximum Gasteiger partial charge on any atom is 0.276 e. The minimum absolute atomic E-state index is 0.102. The fourth-order valence-electron chi connectivity index (χ4n) is 3.72. The van der Waals surface area contributed by atoms with Gasteiger partial charge in [0.1, 0.15) is 5.56 Å². The van der Waals surface area contributed by atoms with E-state index in [0.717, 1.165) is 32.1 Å². The van der Waals surface area contributed by atoms with E-state index in [4.69, 9.17) is 0 Å². The summed E-state index contributed by atoms with van der Waals surface area (Å²) in [5.74, 6) is -0.140. The summed E-state index contributed by atoms with van der Waals surface area (Å²) in [5, 5.41) is 6.05. The lowest BCUT2D eigenvalue weighted by atomic mass is 9.96. The van der Waals surface area contributed by atoms with E-state index in [1.165, 1.54) is 23.8 Å². The van der Waals surface area contributed by atoms with Crippen LogP contribution in [0.4, 0.5) is 0 Å². The zero-order chi connectivity index (χ0) is 17.8. The number of rotatable bonds is 4. The van der Waals surface area contributed by atoms with Crippen LogP contribution in [0.5, 0.6) is 0 Å². The van der Waals surface area contributed by atoms with Gasteiger partial charge in [-0.15, -0.1) is 0 Å². The molecule has 0 bridgehead atoms. The van der Waals surface area contributed by atoms with Crippen molar-refractivity contribution in [1.82, 2.24) is 19.9 Å². The molecule has 0 unspecified atom stereocenters. The van der Waals surface area contributed by atoms with E-state index in [9.17, 15) is 9.59 Å². The minimum atomic E-state index is -0.140. The number of hydrogen-bond donors (Lipinski definition) is 2. The van der Waals surface area contributed by atoms with Crippen molar-refractivity contribution in [2.24, 2.45) is 0 Å². The number of fused-ring (bicyclic) bond motifs is 1. The number of carbonyl (C=O) groups is 1. The van der Waals surface area contributed by atoms with E-state index >= 15 is 0 Å². The van der Waals surface area contributed by atoms with Crippen molar-refractivity contribution in [2.45, 2.75) is 77.7 Å². The number of amides is 1. The van der Waals surface area contributed by atoms with Crippen LogP contribution in [0, 0.1) is 6.92 Å². The standard InChI is InChI=1S/C19H28N4O2/c1-3-9-15-13(2)21-17-16(12-20-23(17)19(15)25)18(24)22-14-10-7-5-4-6-8-11-14/h12,14,20H,3-11H2,1-2H3,(H,22,24). The van der Waals surface area contributed by atoms with Gasteiger partial charge < -0.3 is 5.32 Å². The summed E-state index contributed by atoms with van der Waals surface area (Å²) in [6.07, 6.45) is 11.4. The summed E-state index contributed by atoms with van der Waals surface area (Å²) in [5.41, 5.74) is 2.20. The Balaban J connectivity index is 1.85. The van der Waals surface area contributed by atoms with Gasteiger partial charge in [-0.05, 0) is 26.2 Å². The molecule has 0 aromatic carbocycles. The van der Waals surface area contributed by atoms with Gasteiger partial charge in [0.05, 0.1) is 0 Å². The Morgan fingerprint density at radius 3 is 2.64 bits per heavy atom. The summed E-state index contributed by atoms with van der Waals surface area (Å²) < 4.78 is 1.39. The van der Waals surface area contributed by atoms with E-state index in [2.05, 4.69) is 15.4 Å². The molecule has 0 atom stereocenters. The van der Waals surface area contributed by atoms with Crippen LogP contribution in [0.3, 0.4) is 0 Å². The van der Waals surface area contributed by atoms with Crippen LogP contribution < -0.4 is 10.9 Å². The van der Waals surface area contributed by atoms with Gasteiger partial charge in [-0.25, -0.2) is 9.50 Å². The maximum atomic E-state index is 12.7. The number of nitrogens with one attached hydrogen (secondary N) is 2. The first-order valence-electron chi connectivity index (χ1n) is 9.52. The molecule has 0 aliphatic heterocycles. The molecule has 0 spiro atoms. The maximum absolute atomic E-state index is 12.7. The predicted molar refractivity (Wildman–Crippen MR) is 98.1 cm³/mol. The SMILES string of the molecule is CCCc1c(C)nc2c(C(=O)NC3CCCCCCC3)c[nH]n2c1=O. The molecule has 1 fully saturated rings. The molecule has 136 valence electrons. The molecule has 2 aromatic rings. The summed E-state index contributed by atoms with van der Waals surface area (Å²) in [7, 11) is 0. The molecule has 1 aliphatic carbocycles. The molecular weight excluding hydrogens is 316 g/mol. The summed E-state index contributed by atoms with van der Waals surface area (Å²) >= 11 is 0. The van der Waals surface area contributed by atoms with Crippen molar-refractivity contribution in [3.8, 4) is 0 Å². The Morgan fingerprint density at radius 1 is 1.28 bits per heavy atom. The number of aromatic amines is 1. The fraction of sp³-hybridized carbons (Fsp3) is 0.632. The lowest BCUT2D eigenvalue weighted by molar-refractivity contribution is 0.0932. The van der Waals surface area contributed by atoms with Gasteiger partial charge in [-0.2, -0.15) is 0 Å². The Labute approximate surface area is 148 Å². The van der Waals surface area contributed by atoms with Crippen LogP contribution in [-0.4, -0.2) is 26.5 Å². The zero-order valence-electron chi connectivity index (χ0n) is 15.2. The summed E-state index contributed by atoms with van der Waals surface area (Å²) in [6.45, 7) is 3.88. The summed E-state index contributed by atoms with van der Waals surface area (Å²) in [6, 6.07) is 0.218. The van der Waals surface area contributed by atoms with E-state index in [1.54, 1.807) is 6.20 Å². The third-order valence-corrected chi connectivity index (χ3v) is 5.15. The molecule has 6 nitrogen and oxygen atoms in total. The Bertz CT molecular complexity index is 798. The van der Waals surface area contributed by atoms with Gasteiger partial charge in [0.15, 0.2) is 5.65 Å². The van der Waals surface area contributed by atoms with Crippen LogP contribution in [0.25, 0.3) is 5.65 Å². The molecule has 1 aliphatic rings. The Hall–Kier alpha value is -2.11. The normalized spacial score (nSPS) is 16.6. The molecular formula is C19H28N4O2. The van der Waals surface area contributed by atoms with Gasteiger partial charge in [0.25, 0.3) is 11.5 Å². The molecule has 2 N–H and O–H groups in total. The second-order valence-corrected chi connectivity index (χ2v) is 7.09. The lowest BCUT2D eigenvalue weighted by Crippen LogP contribution is -2.35. The van der Waals surface area contributed by atoms with E-state index < -0.39 is 0 Å². The third-order valence-electron chi connectivity index (χ3n) is 5.15. The zero-order valence-corrected chi connectivity index (χ0v) is 15.2. The third kappa shape index (κ3) is 3.78. The highest BCUT2D eigenvalue weighted by molar-refractivity contribution is 5.99. The van der Waals surface area contributed by atoms with Crippen molar-refractivity contribution in [1.29, 1.82) is 0 Å². The number of carbonyl (C=O) groups excluding carboxylic acids is 1. The number of aryl methyl sites for hydroxylation is 1. The number of H-pyrrole nitrogens is 1. The lowest BCUT2D eigenvalue weighted by Gasteiger charge is -2.20. The quantitative estimate of drug-likeness (QED) is 0.894. The first-order valence-corrected chi connectivity index (χ1v) is 9.52. The fourth-order valence-corrected chi connectivity index (χ4v) is 3.72. The average molecular weight is 344 g/mol. The van der Waals surface area contributed by atoms with Gasteiger partial charge in [0, 0.05) is 23.5 Å². The first kappa shape index (κ1) is 17.7. The largest absolute Gasteiger partial charge is 0.349 e. The predicted octanol–water partition coefficient (Wildman–Crippen LogP) is 3.13. The highest BCUT2D eigenvalue weighted by atomic mass is 16.2. The highest BCUT2D eigenvalue weighted by Gasteiger charge is 2.20. The smallest absolute Gasteiger partial charge is 0.276 e. The molecule has 3 rings (SSSR count). The summed E-state index contributed by atoms with van der Waals surface area (Å²) in [4.78, 5) is 29.9. The van der Waals surface area contributed by atoms with Crippen LogP contribution in [0.2, 0.25) is 0 Å². The minimum Gasteiger partial charge on any atom is -0.349 e. The van der Waals surface area contributed by atoms with Crippen LogP contribution in [0.15, 0.2) is 11.0 Å². The first-order chi connectivity index (χ1) is 12.1. The van der Waals surface area contributed by atoms with Gasteiger partial charge >= 0.3 is 0 Å². The van der Waals surface area contributed by atoms with Crippen molar-refractivity contribution < 1.29 is 4.79 Å². The molecule has 2 heterocycles. The van der Waals surface area contributed by atoms with Gasteiger partial charge in [-0.1, -0.05) is 45.4 Å². The Kier molecular flexibility index (Phi) is 5.56. The van der Waals surface area contributed by atoms with Gasteiger partial charge in [-0.3, -0.25) is 14.7 Å². The second kappa shape index (κ2) is 7.85. The molecule has 1 saturated carbocycles. The molecule has 25 heavy (non-hydrogen) atoms. The highest BCUT2D eigenvalue weighted by Crippen LogP contribution is 2.18.